The molecule has 0 bridgehead atoms. The fraction of sp³-hybridized carbons (Fsp3) is 0.318. The Kier molecular flexibility index (Phi) is 5.35. The van der Waals surface area contributed by atoms with E-state index in [-0.39, 0.29) is 35.6 Å². The molecular weight excluding hydrogens is 424 g/mol. The topological polar surface area (TPSA) is 91.3 Å². The summed E-state index contributed by atoms with van der Waals surface area (Å²) in [6.45, 7) is 3.23. The van der Waals surface area contributed by atoms with Crippen LogP contribution in [0.3, 0.4) is 0 Å². The molecule has 1 fully saturated rings. The van der Waals surface area contributed by atoms with Crippen LogP contribution < -0.4 is 10.0 Å². The molecule has 0 spiro atoms. The van der Waals surface area contributed by atoms with Gasteiger partial charge in [-0.25, -0.2) is 17.2 Å². The van der Waals surface area contributed by atoms with Crippen molar-refractivity contribution in [1.29, 1.82) is 0 Å². The summed E-state index contributed by atoms with van der Waals surface area (Å²) in [5.41, 5.74) is 1.22. The molecule has 6 nitrogen and oxygen atoms in total. The van der Waals surface area contributed by atoms with Crippen molar-refractivity contribution in [2.75, 3.05) is 16.6 Å². The molecule has 9 heteroatoms. The summed E-state index contributed by atoms with van der Waals surface area (Å²) in [6, 6.07) is 7.62. The number of hydrogen-bond acceptors (Lipinski definition) is 5. The van der Waals surface area contributed by atoms with Gasteiger partial charge in [0.2, 0.25) is 10.0 Å². The first-order valence-electron chi connectivity index (χ1n) is 9.92. The summed E-state index contributed by atoms with van der Waals surface area (Å²) in [6.07, 6.45) is 2.37. The molecule has 3 N–H and O–H groups in total. The first-order valence-corrected chi connectivity index (χ1v) is 11.4. The van der Waals surface area contributed by atoms with Crippen LogP contribution in [0.4, 0.5) is 25.8 Å². The van der Waals surface area contributed by atoms with Crippen LogP contribution in [0.15, 0.2) is 36.5 Å². The fourth-order valence-electron chi connectivity index (χ4n) is 3.69. The first kappa shape index (κ1) is 21.5. The number of fused-ring (bicyclic) bond motifs is 1. The Morgan fingerprint density at radius 3 is 2.52 bits per heavy atom. The molecule has 1 saturated carbocycles. The molecule has 0 amide bonds. The minimum absolute atomic E-state index is 0.00782. The number of pyridine rings is 1. The van der Waals surface area contributed by atoms with E-state index in [9.17, 15) is 17.9 Å². The number of aryl methyl sites for hydroxylation is 2. The average molecular weight is 448 g/mol. The lowest BCUT2D eigenvalue weighted by Crippen LogP contribution is -2.31. The molecule has 1 heterocycles. The number of nitrogens with zero attached hydrogens (tertiary/aromatic N) is 1. The maximum atomic E-state index is 15.5. The largest absolute Gasteiger partial charge is 0.396 e. The molecule has 2 aromatic carbocycles. The number of halogens is 2. The molecule has 0 atom stereocenters. The van der Waals surface area contributed by atoms with E-state index < -0.39 is 26.4 Å². The molecular formula is C22H23F2N3O3S. The fourth-order valence-corrected chi connectivity index (χ4v) is 5.35. The van der Waals surface area contributed by atoms with Crippen molar-refractivity contribution in [3.8, 4) is 0 Å². The summed E-state index contributed by atoms with van der Waals surface area (Å²) < 4.78 is 57.5. The van der Waals surface area contributed by atoms with Gasteiger partial charge in [0.1, 0.15) is 17.0 Å². The van der Waals surface area contributed by atoms with Crippen molar-refractivity contribution in [2.24, 2.45) is 0 Å². The molecule has 164 valence electrons. The summed E-state index contributed by atoms with van der Waals surface area (Å²) in [5, 5.41) is 12.4. The quantitative estimate of drug-likeness (QED) is 0.495. The van der Waals surface area contributed by atoms with Gasteiger partial charge in [-0.15, -0.1) is 0 Å². The average Bonchev–Trinajstić information content (AvgIpc) is 3.49. The van der Waals surface area contributed by atoms with Crippen LogP contribution >= 0.6 is 0 Å². The smallest absolute Gasteiger partial charge is 0.238 e. The number of hydrogen-bond donors (Lipinski definition) is 3. The summed E-state index contributed by atoms with van der Waals surface area (Å²) >= 11 is 0. The Bertz CT molecular complexity index is 1270. The van der Waals surface area contributed by atoms with Gasteiger partial charge in [0.05, 0.1) is 16.1 Å². The highest BCUT2D eigenvalue weighted by Crippen LogP contribution is 2.48. The SMILES string of the molecule is Cc1ccc(Nc2c(NS(=O)(=O)C3(CCO)CC3)cc3c(C)ccnc3c2F)c(F)c1. The monoisotopic (exact) mass is 447 g/mol. The van der Waals surface area contributed by atoms with Crippen LogP contribution in [0, 0.1) is 25.5 Å². The molecule has 1 aromatic heterocycles. The van der Waals surface area contributed by atoms with E-state index in [1.807, 2.05) is 0 Å². The Balaban J connectivity index is 1.86. The van der Waals surface area contributed by atoms with Gasteiger partial charge in [0.25, 0.3) is 0 Å². The maximum absolute atomic E-state index is 15.5. The summed E-state index contributed by atoms with van der Waals surface area (Å²) in [5.74, 6) is -1.38. The first-order chi connectivity index (χ1) is 14.7. The van der Waals surface area contributed by atoms with Gasteiger partial charge in [-0.3, -0.25) is 9.71 Å². The second-order valence-corrected chi connectivity index (χ2v) is 10.1. The van der Waals surface area contributed by atoms with Crippen molar-refractivity contribution in [1.82, 2.24) is 4.98 Å². The molecule has 0 aliphatic heterocycles. The van der Waals surface area contributed by atoms with Crippen molar-refractivity contribution < 1.29 is 22.3 Å². The number of benzene rings is 2. The number of aromatic nitrogens is 1. The molecule has 4 rings (SSSR count). The molecule has 0 radical (unpaired) electrons. The van der Waals surface area contributed by atoms with Crippen LogP contribution in [0.25, 0.3) is 10.9 Å². The Labute approximate surface area is 179 Å². The molecule has 1 aliphatic carbocycles. The number of aliphatic hydroxyl groups excluding tert-OH is 1. The second-order valence-electron chi connectivity index (χ2n) is 8.01. The van der Waals surface area contributed by atoms with E-state index in [0.29, 0.717) is 29.4 Å². The predicted octanol–water partition coefficient (Wildman–Crippen LogP) is 4.53. The number of sulfonamides is 1. The van der Waals surface area contributed by atoms with Gasteiger partial charge in [-0.1, -0.05) is 6.07 Å². The van der Waals surface area contributed by atoms with Gasteiger partial charge in [0.15, 0.2) is 5.82 Å². The lowest BCUT2D eigenvalue weighted by molar-refractivity contribution is 0.283. The highest BCUT2D eigenvalue weighted by molar-refractivity contribution is 7.94. The third kappa shape index (κ3) is 3.83. The van der Waals surface area contributed by atoms with E-state index >= 15 is 4.39 Å². The highest BCUT2D eigenvalue weighted by atomic mass is 32.2. The summed E-state index contributed by atoms with van der Waals surface area (Å²) in [7, 11) is -3.92. The van der Waals surface area contributed by atoms with Gasteiger partial charge < -0.3 is 10.4 Å². The highest BCUT2D eigenvalue weighted by Gasteiger charge is 2.54. The van der Waals surface area contributed by atoms with Gasteiger partial charge >= 0.3 is 0 Å². The Morgan fingerprint density at radius 1 is 1.13 bits per heavy atom. The molecule has 1 aliphatic rings. The van der Waals surface area contributed by atoms with Crippen LogP contribution in [-0.4, -0.2) is 29.9 Å². The van der Waals surface area contributed by atoms with Gasteiger partial charge in [-0.2, -0.15) is 0 Å². The van der Waals surface area contributed by atoms with Gasteiger partial charge in [-0.05, 0) is 68.5 Å². The van der Waals surface area contributed by atoms with E-state index in [1.54, 1.807) is 26.0 Å². The number of nitrogens with one attached hydrogen (secondary N) is 2. The molecule has 0 unspecified atom stereocenters. The lowest BCUT2D eigenvalue weighted by Gasteiger charge is -2.21. The molecule has 3 aromatic rings. The zero-order valence-electron chi connectivity index (χ0n) is 17.2. The summed E-state index contributed by atoms with van der Waals surface area (Å²) in [4.78, 5) is 4.09. The Morgan fingerprint density at radius 2 is 1.87 bits per heavy atom. The third-order valence-electron chi connectivity index (χ3n) is 5.77. The lowest BCUT2D eigenvalue weighted by atomic mass is 10.1. The minimum atomic E-state index is -3.92. The number of anilines is 3. The van der Waals surface area contributed by atoms with E-state index in [4.69, 9.17) is 0 Å². The number of aliphatic hydroxyl groups is 1. The zero-order chi connectivity index (χ0) is 22.4. The van der Waals surface area contributed by atoms with Crippen molar-refractivity contribution >= 4 is 38.0 Å². The van der Waals surface area contributed by atoms with Gasteiger partial charge in [0, 0.05) is 18.2 Å². The molecule has 0 saturated heterocycles. The molecule has 31 heavy (non-hydrogen) atoms. The van der Waals surface area contributed by atoms with E-state index in [0.717, 1.165) is 0 Å². The van der Waals surface area contributed by atoms with Crippen molar-refractivity contribution in [3.05, 3.63) is 59.3 Å². The minimum Gasteiger partial charge on any atom is -0.396 e. The van der Waals surface area contributed by atoms with Crippen LogP contribution in [0.2, 0.25) is 0 Å². The zero-order valence-corrected chi connectivity index (χ0v) is 18.0. The van der Waals surface area contributed by atoms with E-state index in [1.165, 1.54) is 24.4 Å². The second kappa shape index (κ2) is 7.72. The third-order valence-corrected chi connectivity index (χ3v) is 8.01. The standard InChI is InChI=1S/C22H23F2N3O3S/c1-13-3-4-17(16(23)11-13)26-21-18(27-31(29,30)22(6-7-22)8-10-28)12-15-14(2)5-9-25-20(15)19(21)24/h3-5,9,11-12,26-28H,6-8,10H2,1-2H3. The number of rotatable bonds is 7. The Hall–Kier alpha value is -2.78. The maximum Gasteiger partial charge on any atom is 0.238 e. The van der Waals surface area contributed by atoms with Crippen molar-refractivity contribution in [2.45, 2.75) is 37.9 Å². The van der Waals surface area contributed by atoms with E-state index in [2.05, 4.69) is 15.0 Å². The van der Waals surface area contributed by atoms with Crippen LogP contribution in [0.5, 0.6) is 0 Å². The normalized spacial score (nSPS) is 15.1. The van der Waals surface area contributed by atoms with Crippen LogP contribution in [0.1, 0.15) is 30.4 Å². The van der Waals surface area contributed by atoms with Crippen LogP contribution in [-0.2, 0) is 10.0 Å². The predicted molar refractivity (Wildman–Crippen MR) is 117 cm³/mol. The van der Waals surface area contributed by atoms with Crippen molar-refractivity contribution in [3.63, 3.8) is 0 Å².